The first-order valence-corrected chi connectivity index (χ1v) is 6.78. The third kappa shape index (κ3) is 2.12. The minimum absolute atomic E-state index is 0.0773. The number of aliphatic hydroxyl groups excluding tert-OH is 1. The standard InChI is InChI=1S/C14H18N4O2/c1-8(19)14-17-11-6-9(15)2-4-12(11)18(14)10-3-5-13(20)16-7-10/h2,4,6,8,10,19H,3,5,7,15H2,1H3,(H,16,20). The molecule has 2 heterocycles. The zero-order valence-electron chi connectivity index (χ0n) is 11.3. The van der Waals surface area contributed by atoms with Crippen LogP contribution in [0.1, 0.15) is 37.7 Å². The molecule has 0 spiro atoms. The molecule has 1 aromatic carbocycles. The molecular weight excluding hydrogens is 256 g/mol. The average molecular weight is 274 g/mol. The van der Waals surface area contributed by atoms with E-state index in [9.17, 15) is 9.90 Å². The normalized spacial score (nSPS) is 20.9. The first-order chi connectivity index (χ1) is 9.56. The second-order valence-electron chi connectivity index (χ2n) is 5.26. The molecule has 1 fully saturated rings. The molecule has 2 unspecified atom stereocenters. The van der Waals surface area contributed by atoms with Gasteiger partial charge in [-0.2, -0.15) is 0 Å². The number of imidazole rings is 1. The predicted molar refractivity (Wildman–Crippen MR) is 76.1 cm³/mol. The number of nitrogen functional groups attached to an aromatic ring is 1. The number of hydrogen-bond donors (Lipinski definition) is 3. The molecule has 1 amide bonds. The Morgan fingerprint density at radius 2 is 2.35 bits per heavy atom. The number of amides is 1. The Morgan fingerprint density at radius 3 is 3.00 bits per heavy atom. The lowest BCUT2D eigenvalue weighted by Gasteiger charge is -2.26. The van der Waals surface area contributed by atoms with E-state index >= 15 is 0 Å². The maximum atomic E-state index is 11.3. The molecular formula is C14H18N4O2. The molecule has 0 aliphatic carbocycles. The molecule has 106 valence electrons. The van der Waals surface area contributed by atoms with Crippen LogP contribution in [0.25, 0.3) is 11.0 Å². The maximum Gasteiger partial charge on any atom is 0.220 e. The van der Waals surface area contributed by atoms with E-state index in [1.54, 1.807) is 13.0 Å². The van der Waals surface area contributed by atoms with Gasteiger partial charge in [0.05, 0.1) is 17.1 Å². The summed E-state index contributed by atoms with van der Waals surface area (Å²) in [6.07, 6.45) is 0.584. The van der Waals surface area contributed by atoms with Gasteiger partial charge in [-0.05, 0) is 31.5 Å². The zero-order chi connectivity index (χ0) is 14.3. The summed E-state index contributed by atoms with van der Waals surface area (Å²) in [5, 5.41) is 12.8. The highest BCUT2D eigenvalue weighted by molar-refractivity contribution is 5.80. The van der Waals surface area contributed by atoms with E-state index in [4.69, 9.17) is 5.73 Å². The second kappa shape index (κ2) is 4.79. The van der Waals surface area contributed by atoms with Crippen LogP contribution in [-0.4, -0.2) is 27.1 Å². The van der Waals surface area contributed by atoms with Crippen LogP contribution in [0, 0.1) is 0 Å². The van der Waals surface area contributed by atoms with E-state index in [2.05, 4.69) is 10.3 Å². The molecule has 1 aliphatic rings. The number of hydrogen-bond acceptors (Lipinski definition) is 4. The van der Waals surface area contributed by atoms with E-state index in [0.29, 0.717) is 24.5 Å². The van der Waals surface area contributed by atoms with Crippen molar-refractivity contribution in [1.29, 1.82) is 0 Å². The van der Waals surface area contributed by atoms with Crippen LogP contribution in [0.15, 0.2) is 18.2 Å². The van der Waals surface area contributed by atoms with Crippen LogP contribution < -0.4 is 11.1 Å². The molecule has 2 aromatic rings. The number of carbonyl (C=O) groups excluding carboxylic acids is 1. The van der Waals surface area contributed by atoms with Crippen molar-refractivity contribution in [2.24, 2.45) is 0 Å². The highest BCUT2D eigenvalue weighted by Gasteiger charge is 2.25. The van der Waals surface area contributed by atoms with Crippen molar-refractivity contribution in [2.75, 3.05) is 12.3 Å². The minimum atomic E-state index is -0.666. The summed E-state index contributed by atoms with van der Waals surface area (Å²) in [6, 6.07) is 5.67. The lowest BCUT2D eigenvalue weighted by Crippen LogP contribution is -2.36. The molecule has 1 aromatic heterocycles. The fraction of sp³-hybridized carbons (Fsp3) is 0.429. The summed E-state index contributed by atoms with van der Waals surface area (Å²) in [4.78, 5) is 15.8. The van der Waals surface area contributed by atoms with Crippen LogP contribution in [0.2, 0.25) is 0 Å². The van der Waals surface area contributed by atoms with Crippen molar-refractivity contribution >= 4 is 22.6 Å². The van der Waals surface area contributed by atoms with Crippen LogP contribution >= 0.6 is 0 Å². The lowest BCUT2D eigenvalue weighted by molar-refractivity contribution is -0.122. The summed E-state index contributed by atoms with van der Waals surface area (Å²) >= 11 is 0. The second-order valence-corrected chi connectivity index (χ2v) is 5.26. The Balaban J connectivity index is 2.11. The van der Waals surface area contributed by atoms with Gasteiger partial charge < -0.3 is 20.7 Å². The Morgan fingerprint density at radius 1 is 1.55 bits per heavy atom. The minimum Gasteiger partial charge on any atom is -0.399 e. The number of nitrogens with zero attached hydrogens (tertiary/aromatic N) is 2. The van der Waals surface area contributed by atoms with Crippen molar-refractivity contribution < 1.29 is 9.90 Å². The number of fused-ring (bicyclic) bond motifs is 1. The number of carbonyl (C=O) groups is 1. The zero-order valence-corrected chi connectivity index (χ0v) is 11.3. The van der Waals surface area contributed by atoms with Crippen molar-refractivity contribution in [2.45, 2.75) is 31.9 Å². The SMILES string of the molecule is CC(O)c1nc2cc(N)ccc2n1C1CCC(=O)NC1. The quantitative estimate of drug-likeness (QED) is 0.715. The molecule has 0 radical (unpaired) electrons. The van der Waals surface area contributed by atoms with Gasteiger partial charge in [0.1, 0.15) is 11.9 Å². The van der Waals surface area contributed by atoms with Crippen molar-refractivity contribution in [3.63, 3.8) is 0 Å². The fourth-order valence-electron chi connectivity index (χ4n) is 2.75. The lowest BCUT2D eigenvalue weighted by atomic mass is 10.1. The number of anilines is 1. The molecule has 0 bridgehead atoms. The number of rotatable bonds is 2. The Labute approximate surface area is 116 Å². The monoisotopic (exact) mass is 274 g/mol. The number of nitrogens with one attached hydrogen (secondary N) is 1. The molecule has 1 aliphatic heterocycles. The van der Waals surface area contributed by atoms with Gasteiger partial charge in [-0.1, -0.05) is 0 Å². The molecule has 6 heteroatoms. The first kappa shape index (κ1) is 12.9. The van der Waals surface area contributed by atoms with Gasteiger partial charge in [0.25, 0.3) is 0 Å². The number of aliphatic hydroxyl groups is 1. The molecule has 2 atom stereocenters. The van der Waals surface area contributed by atoms with Crippen molar-refractivity contribution in [1.82, 2.24) is 14.9 Å². The van der Waals surface area contributed by atoms with E-state index in [1.165, 1.54) is 0 Å². The van der Waals surface area contributed by atoms with Crippen molar-refractivity contribution in [3.8, 4) is 0 Å². The Bertz CT molecular complexity index is 652. The maximum absolute atomic E-state index is 11.3. The predicted octanol–water partition coefficient (Wildman–Crippen LogP) is 1.12. The number of nitrogens with two attached hydrogens (primary N) is 1. The fourth-order valence-corrected chi connectivity index (χ4v) is 2.75. The van der Waals surface area contributed by atoms with Gasteiger partial charge in [-0.3, -0.25) is 4.79 Å². The topological polar surface area (TPSA) is 93.2 Å². The molecule has 1 saturated heterocycles. The number of piperidine rings is 1. The van der Waals surface area contributed by atoms with Gasteiger partial charge in [0.15, 0.2) is 0 Å². The van der Waals surface area contributed by atoms with Gasteiger partial charge >= 0.3 is 0 Å². The van der Waals surface area contributed by atoms with Crippen molar-refractivity contribution in [3.05, 3.63) is 24.0 Å². The molecule has 0 saturated carbocycles. The summed E-state index contributed by atoms with van der Waals surface area (Å²) in [6.45, 7) is 2.26. The smallest absolute Gasteiger partial charge is 0.220 e. The van der Waals surface area contributed by atoms with Gasteiger partial charge in [0, 0.05) is 18.7 Å². The molecule has 20 heavy (non-hydrogen) atoms. The van der Waals surface area contributed by atoms with Crippen LogP contribution in [-0.2, 0) is 4.79 Å². The molecule has 4 N–H and O–H groups in total. The molecule has 3 rings (SSSR count). The van der Waals surface area contributed by atoms with Crippen LogP contribution in [0.4, 0.5) is 5.69 Å². The number of aromatic nitrogens is 2. The Kier molecular flexibility index (Phi) is 3.10. The number of benzene rings is 1. The van der Waals surface area contributed by atoms with Crippen LogP contribution in [0.5, 0.6) is 0 Å². The van der Waals surface area contributed by atoms with Gasteiger partial charge in [0.2, 0.25) is 5.91 Å². The largest absolute Gasteiger partial charge is 0.399 e. The highest BCUT2D eigenvalue weighted by Crippen LogP contribution is 2.29. The van der Waals surface area contributed by atoms with Gasteiger partial charge in [-0.15, -0.1) is 0 Å². The highest BCUT2D eigenvalue weighted by atomic mass is 16.3. The summed E-state index contributed by atoms with van der Waals surface area (Å²) in [7, 11) is 0. The van der Waals surface area contributed by atoms with E-state index in [-0.39, 0.29) is 11.9 Å². The van der Waals surface area contributed by atoms with Gasteiger partial charge in [-0.25, -0.2) is 4.98 Å². The first-order valence-electron chi connectivity index (χ1n) is 6.78. The summed E-state index contributed by atoms with van der Waals surface area (Å²) in [5.41, 5.74) is 8.15. The molecule has 6 nitrogen and oxygen atoms in total. The van der Waals surface area contributed by atoms with E-state index < -0.39 is 6.10 Å². The average Bonchev–Trinajstić information content (AvgIpc) is 2.78. The van der Waals surface area contributed by atoms with E-state index in [1.807, 2.05) is 16.7 Å². The third-order valence-electron chi connectivity index (χ3n) is 3.72. The summed E-state index contributed by atoms with van der Waals surface area (Å²) in [5.74, 6) is 0.695. The third-order valence-corrected chi connectivity index (χ3v) is 3.72. The summed E-state index contributed by atoms with van der Waals surface area (Å²) < 4.78 is 2.03. The van der Waals surface area contributed by atoms with Crippen LogP contribution in [0.3, 0.4) is 0 Å². The van der Waals surface area contributed by atoms with E-state index in [0.717, 1.165) is 17.5 Å². The Hall–Kier alpha value is -2.08.